The first-order valence-corrected chi connectivity index (χ1v) is 15.3. The molecule has 0 aromatic carbocycles. The third-order valence-corrected chi connectivity index (χ3v) is 7.96. The molecule has 11 nitrogen and oxygen atoms in total. The molecule has 2 atom stereocenters. The van der Waals surface area contributed by atoms with Crippen LogP contribution >= 0.6 is 0 Å². The van der Waals surface area contributed by atoms with Gasteiger partial charge in [0.25, 0.3) is 0 Å². The minimum Gasteiger partial charge on any atom is -0.481 e. The van der Waals surface area contributed by atoms with Gasteiger partial charge in [-0.3, -0.25) is 24.1 Å². The van der Waals surface area contributed by atoms with Crippen molar-refractivity contribution < 1.29 is 49.8 Å². The van der Waals surface area contributed by atoms with Gasteiger partial charge in [0.05, 0.1) is 30.8 Å². The number of nitrogens with zero attached hydrogens (tertiary/aromatic N) is 1. The fraction of sp³-hybridized carbons (Fsp3) is 0.871. The van der Waals surface area contributed by atoms with Crippen molar-refractivity contribution in [3.63, 3.8) is 0 Å². The molecule has 0 aliphatic carbocycles. The highest BCUT2D eigenvalue weighted by Crippen LogP contribution is 2.36. The smallest absolute Gasteiger partial charge is 0.307 e. The SMILES string of the molecule is CCCCCCCCCCCCCO.CN1C(C)(C)CC(O)CC1(C)C.O=C(O)CC(C(=O)O)C(CC(=O)O)C(=O)O. The predicted octanol–water partition coefficient (Wildman–Crippen LogP) is 5.26. The number of unbranched alkanes of at least 4 members (excludes halogenated alkanes) is 10. The van der Waals surface area contributed by atoms with Gasteiger partial charge in [-0.25, -0.2) is 0 Å². The van der Waals surface area contributed by atoms with Crippen molar-refractivity contribution in [1.82, 2.24) is 4.90 Å². The van der Waals surface area contributed by atoms with E-state index >= 15 is 0 Å². The Bertz CT molecular complexity index is 722. The van der Waals surface area contributed by atoms with Crippen molar-refractivity contribution in [2.24, 2.45) is 11.8 Å². The van der Waals surface area contributed by atoms with Crippen LogP contribution in [0, 0.1) is 11.8 Å². The maximum atomic E-state index is 10.6. The van der Waals surface area contributed by atoms with Gasteiger partial charge in [-0.1, -0.05) is 71.1 Å². The molecule has 0 bridgehead atoms. The summed E-state index contributed by atoms with van der Waals surface area (Å²) in [6.45, 7) is 11.4. The van der Waals surface area contributed by atoms with Gasteiger partial charge >= 0.3 is 23.9 Å². The van der Waals surface area contributed by atoms with Gasteiger partial charge in [0.1, 0.15) is 0 Å². The summed E-state index contributed by atoms with van der Waals surface area (Å²) >= 11 is 0. The minimum absolute atomic E-state index is 0.126. The van der Waals surface area contributed by atoms with Crippen molar-refractivity contribution in [1.29, 1.82) is 0 Å². The number of carbonyl (C=O) groups is 4. The average Bonchev–Trinajstić information content (AvgIpc) is 2.85. The largest absolute Gasteiger partial charge is 0.481 e. The van der Waals surface area contributed by atoms with E-state index in [-0.39, 0.29) is 17.2 Å². The van der Waals surface area contributed by atoms with Crippen LogP contribution in [0.2, 0.25) is 0 Å². The maximum absolute atomic E-state index is 10.6. The summed E-state index contributed by atoms with van der Waals surface area (Å²) in [7, 11) is 2.14. The molecule has 2 unspecified atom stereocenters. The molecule has 1 aliphatic rings. The van der Waals surface area contributed by atoms with Crippen LogP contribution in [0.4, 0.5) is 0 Å². The van der Waals surface area contributed by atoms with Gasteiger partial charge in [-0.15, -0.1) is 0 Å². The van der Waals surface area contributed by atoms with E-state index in [1.165, 1.54) is 64.2 Å². The van der Waals surface area contributed by atoms with E-state index < -0.39 is 48.6 Å². The second-order valence-electron chi connectivity index (χ2n) is 12.6. The number of carboxylic acid groups (broad SMARTS) is 4. The Morgan fingerprint density at radius 3 is 1.24 bits per heavy atom. The van der Waals surface area contributed by atoms with E-state index in [4.69, 9.17) is 25.5 Å². The summed E-state index contributed by atoms with van der Waals surface area (Å²) in [6, 6.07) is 0. The van der Waals surface area contributed by atoms with Crippen LogP contribution in [0.1, 0.15) is 131 Å². The molecule has 0 radical (unpaired) electrons. The second kappa shape index (κ2) is 22.3. The highest BCUT2D eigenvalue weighted by molar-refractivity contribution is 5.86. The first-order valence-electron chi connectivity index (χ1n) is 15.3. The van der Waals surface area contributed by atoms with Crippen molar-refractivity contribution in [2.45, 2.75) is 148 Å². The van der Waals surface area contributed by atoms with Crippen molar-refractivity contribution in [3.8, 4) is 0 Å². The Kier molecular flexibility index (Phi) is 22.3. The first-order chi connectivity index (χ1) is 19.4. The summed E-state index contributed by atoms with van der Waals surface area (Å²) in [5, 5.41) is 52.3. The zero-order valence-electron chi connectivity index (χ0n) is 26.8. The third-order valence-electron chi connectivity index (χ3n) is 7.96. The van der Waals surface area contributed by atoms with Crippen molar-refractivity contribution in [2.75, 3.05) is 13.7 Å². The molecule has 0 spiro atoms. The molecule has 1 heterocycles. The quantitative estimate of drug-likeness (QED) is 0.112. The Morgan fingerprint density at radius 2 is 0.976 bits per heavy atom. The lowest BCUT2D eigenvalue weighted by Gasteiger charge is -2.52. The third kappa shape index (κ3) is 19.8. The van der Waals surface area contributed by atoms with E-state index in [0.29, 0.717) is 6.61 Å². The summed E-state index contributed by atoms with van der Waals surface area (Å²) in [5.41, 5.74) is 0.252. The molecule has 42 heavy (non-hydrogen) atoms. The van der Waals surface area contributed by atoms with Gasteiger partial charge in [0.2, 0.25) is 0 Å². The molecule has 0 aromatic rings. The van der Waals surface area contributed by atoms with Crippen LogP contribution < -0.4 is 0 Å². The zero-order chi connectivity index (χ0) is 32.9. The molecular weight excluding hydrogens is 546 g/mol. The number of aliphatic carboxylic acids is 4. The highest BCUT2D eigenvalue weighted by atomic mass is 16.4. The molecule has 11 heteroatoms. The monoisotopic (exact) mass is 605 g/mol. The number of likely N-dealkylation sites (tertiary alicyclic amines) is 1. The highest BCUT2D eigenvalue weighted by Gasteiger charge is 2.42. The van der Waals surface area contributed by atoms with Gasteiger partial charge in [0, 0.05) is 17.7 Å². The van der Waals surface area contributed by atoms with Crippen molar-refractivity contribution >= 4 is 23.9 Å². The number of aliphatic hydroxyl groups excluding tert-OH is 2. The maximum Gasteiger partial charge on any atom is 0.307 e. The lowest BCUT2D eigenvalue weighted by molar-refractivity contribution is -0.160. The van der Waals surface area contributed by atoms with E-state index in [1.54, 1.807) is 0 Å². The molecular formula is C31H59NO10. The number of aliphatic hydroxyl groups is 2. The summed E-state index contributed by atoms with van der Waals surface area (Å²) in [4.78, 5) is 44.3. The standard InChI is InChI=1S/C13H28O.C10H21NO.C8H10O8/c1-2-3-4-5-6-7-8-9-10-11-12-13-14;1-9(2)6-8(12)7-10(3,4)11(9)5;9-5(10)1-3(7(13)14)4(8(15)16)2-6(11)12/h14H,2-13H2,1H3;8,12H,6-7H2,1-5H3;3-4H,1-2H2,(H,9,10)(H,11,12)(H,13,14)(H,15,16). The Labute approximate surface area is 252 Å². The molecule has 6 N–H and O–H groups in total. The first kappa shape index (κ1) is 41.9. The van der Waals surface area contributed by atoms with Crippen LogP contribution in [0.25, 0.3) is 0 Å². The second-order valence-corrected chi connectivity index (χ2v) is 12.6. The average molecular weight is 606 g/mol. The molecule has 1 fully saturated rings. The molecule has 1 aliphatic heterocycles. The van der Waals surface area contributed by atoms with Crippen LogP contribution in [0.3, 0.4) is 0 Å². The van der Waals surface area contributed by atoms with Gasteiger partial charge in [-0.05, 0) is 54.0 Å². The number of hydrogen-bond donors (Lipinski definition) is 6. The van der Waals surface area contributed by atoms with E-state index in [9.17, 15) is 24.3 Å². The van der Waals surface area contributed by atoms with Crippen LogP contribution in [0.5, 0.6) is 0 Å². The molecule has 0 aromatic heterocycles. The lowest BCUT2D eigenvalue weighted by Crippen LogP contribution is -2.59. The lowest BCUT2D eigenvalue weighted by atomic mass is 9.79. The molecule has 248 valence electrons. The van der Waals surface area contributed by atoms with Crippen LogP contribution in [-0.4, -0.2) is 90.3 Å². The minimum atomic E-state index is -1.76. The zero-order valence-corrected chi connectivity index (χ0v) is 26.8. The van der Waals surface area contributed by atoms with Crippen LogP contribution in [0.15, 0.2) is 0 Å². The Hall–Kier alpha value is -2.24. The van der Waals surface area contributed by atoms with Crippen LogP contribution in [-0.2, 0) is 19.2 Å². The van der Waals surface area contributed by atoms with Gasteiger partial charge in [-0.2, -0.15) is 0 Å². The van der Waals surface area contributed by atoms with Gasteiger partial charge < -0.3 is 30.6 Å². The van der Waals surface area contributed by atoms with Crippen molar-refractivity contribution in [3.05, 3.63) is 0 Å². The molecule has 1 saturated heterocycles. The number of carboxylic acids is 4. The van der Waals surface area contributed by atoms with E-state index in [0.717, 1.165) is 19.3 Å². The van der Waals surface area contributed by atoms with E-state index in [1.807, 2.05) is 0 Å². The molecule has 1 rings (SSSR count). The number of piperidine rings is 1. The summed E-state index contributed by atoms with van der Waals surface area (Å²) < 4.78 is 0. The normalized spacial score (nSPS) is 17.5. The summed E-state index contributed by atoms with van der Waals surface area (Å²) in [5.74, 6) is -9.79. The number of rotatable bonds is 18. The fourth-order valence-corrected chi connectivity index (χ4v) is 5.27. The Balaban J connectivity index is 0. The topological polar surface area (TPSA) is 193 Å². The van der Waals surface area contributed by atoms with E-state index in [2.05, 4.69) is 46.6 Å². The molecule has 0 amide bonds. The fourth-order valence-electron chi connectivity index (χ4n) is 5.27. The summed E-state index contributed by atoms with van der Waals surface area (Å²) in [6.07, 6.45) is 14.5. The van der Waals surface area contributed by atoms with Gasteiger partial charge in [0.15, 0.2) is 0 Å². The Morgan fingerprint density at radius 1 is 0.667 bits per heavy atom. The predicted molar refractivity (Wildman–Crippen MR) is 161 cm³/mol. The molecule has 0 saturated carbocycles. The number of hydrogen-bond acceptors (Lipinski definition) is 7.